The average Bonchev–Trinajstić information content (AvgIpc) is 1.82. The molecule has 0 aliphatic carbocycles. The zero-order chi connectivity index (χ0) is 61.0. The Morgan fingerprint density at radius 3 is 1.45 bits per heavy atom. The molecule has 26 heteroatoms. The minimum Gasteiger partial charge on any atom is -0.407 e. The molecule has 6 aromatic heterocycles. The third kappa shape index (κ3) is 15.4. The smallest absolute Gasteiger partial charge is 0.407 e. The van der Waals surface area contributed by atoms with E-state index >= 15 is 0 Å². The molecular formula is C59H54BCl3F4N10O8. The predicted octanol–water partition coefficient (Wildman–Crippen LogP) is 7.94. The summed E-state index contributed by atoms with van der Waals surface area (Å²) in [5.74, 6) is -3.00. The molecule has 0 unspecified atom stereocenters. The van der Waals surface area contributed by atoms with Crippen LogP contribution in [0, 0.1) is 17.0 Å². The number of nitrogens with one attached hydrogen (secondary N) is 2. The summed E-state index contributed by atoms with van der Waals surface area (Å²) in [5, 5.41) is 7.77. The van der Waals surface area contributed by atoms with Crippen molar-refractivity contribution in [2.45, 2.75) is 65.2 Å². The van der Waals surface area contributed by atoms with Gasteiger partial charge in [0.05, 0.1) is 44.3 Å². The number of benzene rings is 2. The Kier molecular flexibility index (Phi) is 18.5. The van der Waals surface area contributed by atoms with Gasteiger partial charge >= 0.3 is 7.12 Å². The van der Waals surface area contributed by atoms with Crippen LogP contribution in [-0.2, 0) is 45.1 Å². The summed E-state index contributed by atoms with van der Waals surface area (Å²) in [4.78, 5) is 97.9. The Bertz CT molecular complexity index is 3910. The summed E-state index contributed by atoms with van der Waals surface area (Å²) in [7, 11) is -0.651. The number of halogens is 7. The van der Waals surface area contributed by atoms with Crippen LogP contribution >= 0.6 is 34.8 Å². The second-order valence-electron chi connectivity index (χ2n) is 21.9. The minimum atomic E-state index is -1.47. The molecule has 3 aliphatic heterocycles. The normalized spacial score (nSPS) is 15.5. The second-order valence-corrected chi connectivity index (χ2v) is 23.2. The van der Waals surface area contributed by atoms with Gasteiger partial charge in [-0.05, 0) is 97.8 Å². The fourth-order valence-electron chi connectivity index (χ4n) is 9.31. The third-order valence-electron chi connectivity index (χ3n) is 13.7. The van der Waals surface area contributed by atoms with Crippen LogP contribution in [0.15, 0.2) is 131 Å². The lowest BCUT2D eigenvalue weighted by Gasteiger charge is -2.42. The van der Waals surface area contributed by atoms with Gasteiger partial charge in [0.15, 0.2) is 0 Å². The molecule has 85 heavy (non-hydrogen) atoms. The van der Waals surface area contributed by atoms with E-state index < -0.39 is 65.6 Å². The number of hydrogen-bond acceptors (Lipinski definition) is 12. The van der Waals surface area contributed by atoms with Crippen molar-refractivity contribution in [1.29, 1.82) is 0 Å². The summed E-state index contributed by atoms with van der Waals surface area (Å²) in [6, 6.07) is 25.5. The van der Waals surface area contributed by atoms with E-state index in [-0.39, 0.29) is 79.5 Å². The Morgan fingerprint density at radius 2 is 1.02 bits per heavy atom. The average molecular weight is 1220 g/mol. The quantitative estimate of drug-likeness (QED) is 0.0678. The zero-order valence-electron chi connectivity index (χ0n) is 46.2. The molecule has 2 N–H and O–H groups in total. The van der Waals surface area contributed by atoms with Crippen molar-refractivity contribution in [3.63, 3.8) is 0 Å². The highest BCUT2D eigenvalue weighted by atomic mass is 35.5. The van der Waals surface area contributed by atoms with E-state index in [2.05, 4.69) is 30.6 Å². The molecule has 2 aromatic carbocycles. The van der Waals surface area contributed by atoms with Crippen molar-refractivity contribution in [3.8, 4) is 11.3 Å². The molecule has 4 amide bonds. The lowest BCUT2D eigenvalue weighted by Crippen LogP contribution is -2.60. The first kappa shape index (κ1) is 61.5. The number of fused-ring (bicyclic) bond motifs is 2. The first-order valence-corrected chi connectivity index (χ1v) is 27.6. The van der Waals surface area contributed by atoms with Crippen LogP contribution in [-0.4, -0.2) is 120 Å². The van der Waals surface area contributed by atoms with Crippen LogP contribution in [0.2, 0.25) is 15.2 Å². The van der Waals surface area contributed by atoms with E-state index in [1.165, 1.54) is 72.4 Å². The number of alkyl halides is 2. The van der Waals surface area contributed by atoms with Gasteiger partial charge in [-0.2, -0.15) is 0 Å². The van der Waals surface area contributed by atoms with Gasteiger partial charge in [0, 0.05) is 76.0 Å². The molecule has 0 saturated carbocycles. The van der Waals surface area contributed by atoms with Gasteiger partial charge in [0.25, 0.3) is 22.9 Å². The highest BCUT2D eigenvalue weighted by Gasteiger charge is 2.43. The maximum absolute atomic E-state index is 14.0. The van der Waals surface area contributed by atoms with Gasteiger partial charge < -0.3 is 29.7 Å². The standard InChI is InChI=1S/C27H29BClFN4O5.C27H22ClF2N5O3.C5H3ClFN/c1-26(2)15-38-28(39-16-26)19-8-18-9-21(24(36)32-10-17-4-6-20(29)7-5-17)25(37)34(23(18)31-11-19)12-22(35)33-13-27(3,30)14-33;1-27(30)14-34(15-27)23(36)13-35-24-17(8-18(11-32-24)22-7-6-20(29)12-31-22)9-21(26(35)38)25(37)33-10-16-2-4-19(28)5-3-16;6-5-2-1-4(7)3-8-5/h4-9,11H,10,12-16H2,1-3H3,(H,32,36);2-9,11-12H,10,13-15H2,1H3,(H,33,37);1-3H. The molecule has 3 aliphatic rings. The van der Waals surface area contributed by atoms with Gasteiger partial charge in [0.1, 0.15) is 63.6 Å². The summed E-state index contributed by atoms with van der Waals surface area (Å²) in [5.41, 5.74) is -1.19. The van der Waals surface area contributed by atoms with Crippen molar-refractivity contribution >= 4 is 93.1 Å². The second kappa shape index (κ2) is 25.6. The molecular weight excluding hydrogens is 1170 g/mol. The van der Waals surface area contributed by atoms with Gasteiger partial charge in [-0.1, -0.05) is 72.9 Å². The number of carbonyl (C=O) groups excluding carboxylic acids is 4. The maximum atomic E-state index is 14.0. The highest BCUT2D eigenvalue weighted by Crippen LogP contribution is 2.28. The molecule has 0 radical (unpaired) electrons. The SMILES string of the molecule is CC1(C)COB(c2cnc3c(c2)cc(C(=O)NCc2ccc(Cl)cc2)c(=O)n3CC(=O)N2CC(C)(F)C2)OC1.CC1(F)CN(C(=O)Cn2c(=O)c(C(=O)NCc3ccc(Cl)cc3)cc3cc(-c4ccc(F)cn4)cnc32)C1.Fc1ccc(Cl)nc1. The Balaban J connectivity index is 0.000000180. The lowest BCUT2D eigenvalue weighted by molar-refractivity contribution is -0.145. The van der Waals surface area contributed by atoms with E-state index in [0.717, 1.165) is 32.7 Å². The Morgan fingerprint density at radius 1 is 0.576 bits per heavy atom. The molecule has 440 valence electrons. The van der Waals surface area contributed by atoms with Crippen molar-refractivity contribution in [2.24, 2.45) is 5.41 Å². The molecule has 0 spiro atoms. The zero-order valence-corrected chi connectivity index (χ0v) is 48.5. The molecule has 8 aromatic rings. The van der Waals surface area contributed by atoms with Gasteiger partial charge in [-0.15, -0.1) is 0 Å². The topological polar surface area (TPSA) is 213 Å². The van der Waals surface area contributed by atoms with E-state index in [1.54, 1.807) is 60.7 Å². The first-order chi connectivity index (χ1) is 40.3. The molecule has 0 bridgehead atoms. The number of pyridine rings is 6. The van der Waals surface area contributed by atoms with Crippen molar-refractivity contribution in [1.82, 2.24) is 49.5 Å². The number of aromatic nitrogens is 6. The van der Waals surface area contributed by atoms with E-state index in [4.69, 9.17) is 44.1 Å². The molecule has 18 nitrogen and oxygen atoms in total. The monoisotopic (exact) mass is 1220 g/mol. The van der Waals surface area contributed by atoms with Crippen LogP contribution in [0.5, 0.6) is 0 Å². The molecule has 3 fully saturated rings. The lowest BCUT2D eigenvalue weighted by atomic mass is 9.76. The van der Waals surface area contributed by atoms with Crippen LogP contribution in [0.3, 0.4) is 0 Å². The Labute approximate surface area is 499 Å². The van der Waals surface area contributed by atoms with Crippen LogP contribution in [0.4, 0.5) is 17.6 Å². The number of likely N-dealkylation sites (tertiary alicyclic amines) is 2. The minimum absolute atomic E-state index is 0.0515. The highest BCUT2D eigenvalue weighted by molar-refractivity contribution is 6.61. The van der Waals surface area contributed by atoms with Crippen molar-refractivity contribution in [2.75, 3.05) is 39.4 Å². The van der Waals surface area contributed by atoms with Crippen LogP contribution in [0.1, 0.15) is 59.5 Å². The molecule has 11 rings (SSSR count). The summed E-state index contributed by atoms with van der Waals surface area (Å²) in [6.45, 7) is 7.16. The number of rotatable bonds is 12. The van der Waals surface area contributed by atoms with Crippen LogP contribution < -0.4 is 27.2 Å². The predicted molar refractivity (Wildman–Crippen MR) is 313 cm³/mol. The number of hydrogen-bond donors (Lipinski definition) is 2. The number of carbonyl (C=O) groups is 4. The summed E-state index contributed by atoms with van der Waals surface area (Å²) in [6.07, 6.45) is 5.13. The fourth-order valence-corrected chi connectivity index (χ4v) is 9.67. The summed E-state index contributed by atoms with van der Waals surface area (Å²) < 4.78 is 67.3. The third-order valence-corrected chi connectivity index (χ3v) is 14.4. The summed E-state index contributed by atoms with van der Waals surface area (Å²) >= 11 is 17.2. The fraction of sp³-hybridized carbons (Fsp3) is 0.288. The van der Waals surface area contributed by atoms with E-state index in [9.17, 15) is 46.3 Å². The maximum Gasteiger partial charge on any atom is 0.495 e. The van der Waals surface area contributed by atoms with Crippen LogP contribution in [0.25, 0.3) is 33.3 Å². The van der Waals surface area contributed by atoms with Gasteiger partial charge in [-0.25, -0.2) is 32.5 Å². The Hall–Kier alpha value is -8.09. The van der Waals surface area contributed by atoms with Gasteiger partial charge in [-0.3, -0.25) is 42.9 Å². The number of nitrogens with zero attached hydrogens (tertiary/aromatic N) is 8. The molecule has 9 heterocycles. The largest absolute Gasteiger partial charge is 0.495 e. The van der Waals surface area contributed by atoms with Crippen molar-refractivity contribution in [3.05, 3.63) is 192 Å². The van der Waals surface area contributed by atoms with E-state index in [1.807, 2.05) is 13.8 Å². The molecule has 3 saturated heterocycles. The first-order valence-electron chi connectivity index (χ1n) is 26.5. The van der Waals surface area contributed by atoms with Gasteiger partial charge in [0.2, 0.25) is 11.8 Å². The molecule has 0 atom stereocenters. The van der Waals surface area contributed by atoms with Crippen molar-refractivity contribution < 1.29 is 46.0 Å². The number of amides is 4. The van der Waals surface area contributed by atoms with E-state index in [0.29, 0.717) is 55.9 Å².